The summed E-state index contributed by atoms with van der Waals surface area (Å²) in [5.74, 6) is -0.480. The van der Waals surface area contributed by atoms with Crippen molar-refractivity contribution in [3.8, 4) is 0 Å². The maximum absolute atomic E-state index is 13.0. The van der Waals surface area contributed by atoms with Gasteiger partial charge in [0, 0.05) is 13.5 Å². The summed E-state index contributed by atoms with van der Waals surface area (Å²) in [6.45, 7) is 1.79. The third-order valence-electron chi connectivity index (χ3n) is 3.51. The zero-order valence-electron chi connectivity index (χ0n) is 11.4. The molecule has 0 aliphatic carbocycles. The van der Waals surface area contributed by atoms with Crippen LogP contribution in [0.5, 0.6) is 0 Å². The van der Waals surface area contributed by atoms with Crippen LogP contribution in [-0.2, 0) is 0 Å². The van der Waals surface area contributed by atoms with E-state index >= 15 is 0 Å². The molecule has 1 aliphatic heterocycles. The van der Waals surface area contributed by atoms with Crippen LogP contribution >= 0.6 is 0 Å². The molecule has 1 aliphatic rings. The van der Waals surface area contributed by atoms with E-state index in [1.165, 1.54) is 17.0 Å². The van der Waals surface area contributed by atoms with Gasteiger partial charge in [0.1, 0.15) is 5.82 Å². The van der Waals surface area contributed by atoms with E-state index in [-0.39, 0.29) is 24.2 Å². The Kier molecular flexibility index (Phi) is 3.42. The predicted octanol–water partition coefficient (Wildman–Crippen LogP) is 1.47. The summed E-state index contributed by atoms with van der Waals surface area (Å²) in [6.07, 6.45) is -0.231. The Morgan fingerprint density at radius 1 is 1.43 bits per heavy atom. The molecule has 3 rings (SSSR count). The highest BCUT2D eigenvalue weighted by Gasteiger charge is 2.37. The number of aryl methyl sites for hydroxylation is 1. The third-order valence-corrected chi connectivity index (χ3v) is 3.51. The van der Waals surface area contributed by atoms with Crippen LogP contribution in [0.1, 0.15) is 34.5 Å². The standard InChI is InChI=1S/C14H14FN3O3/c1-8-16-13(17-21-8)14(20)18-7-11(19)6-12(18)9-2-4-10(15)5-3-9/h2-5,11-12,19H,6-7H2,1H3/t11-,12-/m0/s1. The molecule has 0 saturated carbocycles. The fourth-order valence-electron chi connectivity index (χ4n) is 2.55. The quantitative estimate of drug-likeness (QED) is 0.906. The fraction of sp³-hybridized carbons (Fsp3) is 0.357. The van der Waals surface area contributed by atoms with Gasteiger partial charge in [-0.2, -0.15) is 4.98 Å². The van der Waals surface area contributed by atoms with Crippen LogP contribution in [0.4, 0.5) is 4.39 Å². The highest BCUT2D eigenvalue weighted by molar-refractivity contribution is 5.90. The number of amides is 1. The van der Waals surface area contributed by atoms with Gasteiger partial charge < -0.3 is 14.5 Å². The zero-order valence-corrected chi connectivity index (χ0v) is 11.4. The number of rotatable bonds is 2. The number of aliphatic hydroxyl groups excluding tert-OH is 1. The van der Waals surface area contributed by atoms with E-state index in [0.717, 1.165) is 5.56 Å². The Morgan fingerprint density at radius 3 is 2.76 bits per heavy atom. The summed E-state index contributed by atoms with van der Waals surface area (Å²) < 4.78 is 17.8. The smallest absolute Gasteiger partial charge is 0.295 e. The molecule has 0 spiro atoms. The molecule has 2 atom stereocenters. The van der Waals surface area contributed by atoms with Gasteiger partial charge in [-0.05, 0) is 24.1 Å². The van der Waals surface area contributed by atoms with Gasteiger partial charge in [-0.1, -0.05) is 17.3 Å². The summed E-state index contributed by atoms with van der Waals surface area (Å²) in [4.78, 5) is 17.8. The van der Waals surface area contributed by atoms with Crippen molar-refractivity contribution in [2.24, 2.45) is 0 Å². The van der Waals surface area contributed by atoms with Gasteiger partial charge in [0.05, 0.1) is 12.1 Å². The average Bonchev–Trinajstić information content (AvgIpc) is 3.05. The van der Waals surface area contributed by atoms with E-state index < -0.39 is 12.0 Å². The van der Waals surface area contributed by atoms with Crippen molar-refractivity contribution in [2.75, 3.05) is 6.54 Å². The summed E-state index contributed by atoms with van der Waals surface area (Å²) >= 11 is 0. The van der Waals surface area contributed by atoms with Crippen molar-refractivity contribution in [1.82, 2.24) is 15.0 Å². The molecule has 0 radical (unpaired) electrons. The number of likely N-dealkylation sites (tertiary alicyclic amines) is 1. The number of aliphatic hydroxyl groups is 1. The molecule has 2 aromatic rings. The third kappa shape index (κ3) is 2.64. The van der Waals surface area contributed by atoms with Crippen LogP contribution in [0.25, 0.3) is 0 Å². The minimum atomic E-state index is -0.628. The van der Waals surface area contributed by atoms with E-state index in [9.17, 15) is 14.3 Å². The molecule has 1 saturated heterocycles. The fourth-order valence-corrected chi connectivity index (χ4v) is 2.55. The number of benzene rings is 1. The van der Waals surface area contributed by atoms with Crippen molar-refractivity contribution in [3.63, 3.8) is 0 Å². The molecule has 0 bridgehead atoms. The minimum Gasteiger partial charge on any atom is -0.391 e. The first-order chi connectivity index (χ1) is 10.0. The first kappa shape index (κ1) is 13.7. The number of aromatic nitrogens is 2. The number of carbonyl (C=O) groups is 1. The van der Waals surface area contributed by atoms with Gasteiger partial charge in [0.2, 0.25) is 5.89 Å². The lowest BCUT2D eigenvalue weighted by Gasteiger charge is -2.23. The predicted molar refractivity (Wildman–Crippen MR) is 69.8 cm³/mol. The maximum Gasteiger partial charge on any atom is 0.295 e. The second kappa shape index (κ2) is 5.25. The number of carbonyl (C=O) groups excluding carboxylic acids is 1. The molecule has 7 heteroatoms. The van der Waals surface area contributed by atoms with Gasteiger partial charge in [-0.25, -0.2) is 4.39 Å². The lowest BCUT2D eigenvalue weighted by molar-refractivity contribution is 0.0700. The molecule has 110 valence electrons. The van der Waals surface area contributed by atoms with E-state index in [2.05, 4.69) is 10.1 Å². The second-order valence-electron chi connectivity index (χ2n) is 5.05. The number of nitrogens with zero attached hydrogens (tertiary/aromatic N) is 3. The highest BCUT2D eigenvalue weighted by atomic mass is 19.1. The van der Waals surface area contributed by atoms with E-state index in [1.54, 1.807) is 19.1 Å². The molecule has 1 amide bonds. The van der Waals surface area contributed by atoms with Crippen LogP contribution in [0.15, 0.2) is 28.8 Å². The monoisotopic (exact) mass is 291 g/mol. The zero-order chi connectivity index (χ0) is 15.0. The minimum absolute atomic E-state index is 0.0336. The first-order valence-corrected chi connectivity index (χ1v) is 6.59. The maximum atomic E-state index is 13.0. The Labute approximate surface area is 120 Å². The summed E-state index contributed by atoms with van der Waals surface area (Å²) in [7, 11) is 0. The van der Waals surface area contributed by atoms with Crippen LogP contribution in [0, 0.1) is 12.7 Å². The van der Waals surface area contributed by atoms with Crippen molar-refractivity contribution >= 4 is 5.91 Å². The molecular formula is C14H14FN3O3. The lowest BCUT2D eigenvalue weighted by Crippen LogP contribution is -2.32. The van der Waals surface area contributed by atoms with Crippen LogP contribution in [0.2, 0.25) is 0 Å². The van der Waals surface area contributed by atoms with Crippen LogP contribution in [-0.4, -0.2) is 38.7 Å². The first-order valence-electron chi connectivity index (χ1n) is 6.59. The van der Waals surface area contributed by atoms with Gasteiger partial charge >= 0.3 is 0 Å². The Hall–Kier alpha value is -2.28. The lowest BCUT2D eigenvalue weighted by atomic mass is 10.0. The largest absolute Gasteiger partial charge is 0.391 e. The number of hydrogen-bond donors (Lipinski definition) is 1. The SMILES string of the molecule is Cc1nc(C(=O)N2C[C@@H](O)C[C@H]2c2ccc(F)cc2)no1. The highest BCUT2D eigenvalue weighted by Crippen LogP contribution is 2.33. The topological polar surface area (TPSA) is 79.5 Å². The van der Waals surface area contributed by atoms with Crippen molar-refractivity contribution in [1.29, 1.82) is 0 Å². The van der Waals surface area contributed by atoms with E-state index in [0.29, 0.717) is 12.3 Å². The normalized spacial score (nSPS) is 21.8. The van der Waals surface area contributed by atoms with E-state index in [1.807, 2.05) is 0 Å². The summed E-state index contributed by atoms with van der Waals surface area (Å²) in [5.41, 5.74) is 0.765. The van der Waals surface area contributed by atoms with E-state index in [4.69, 9.17) is 4.52 Å². The molecule has 21 heavy (non-hydrogen) atoms. The summed E-state index contributed by atoms with van der Waals surface area (Å²) in [5, 5.41) is 13.5. The Balaban J connectivity index is 1.88. The number of hydrogen-bond acceptors (Lipinski definition) is 5. The molecule has 6 nitrogen and oxygen atoms in total. The van der Waals surface area contributed by atoms with Crippen molar-refractivity contribution in [2.45, 2.75) is 25.5 Å². The molecule has 1 aromatic carbocycles. The average molecular weight is 291 g/mol. The molecule has 1 fully saturated rings. The summed E-state index contributed by atoms with van der Waals surface area (Å²) in [6, 6.07) is 5.56. The van der Waals surface area contributed by atoms with Gasteiger partial charge in [0.15, 0.2) is 0 Å². The number of halogens is 1. The second-order valence-corrected chi connectivity index (χ2v) is 5.05. The van der Waals surface area contributed by atoms with Gasteiger partial charge in [-0.3, -0.25) is 4.79 Å². The Morgan fingerprint density at radius 2 is 2.14 bits per heavy atom. The number of β-amino-alcohol motifs (C(OH)–C–C–N with tert-alkyl or cyclic N) is 1. The van der Waals surface area contributed by atoms with Gasteiger partial charge in [0.25, 0.3) is 11.7 Å². The molecule has 1 N–H and O–H groups in total. The van der Waals surface area contributed by atoms with Crippen LogP contribution < -0.4 is 0 Å². The molecular weight excluding hydrogens is 277 g/mol. The van der Waals surface area contributed by atoms with Crippen molar-refractivity contribution in [3.05, 3.63) is 47.4 Å². The van der Waals surface area contributed by atoms with Crippen molar-refractivity contribution < 1.29 is 18.8 Å². The van der Waals surface area contributed by atoms with Crippen LogP contribution in [0.3, 0.4) is 0 Å². The Bertz CT molecular complexity index is 656. The van der Waals surface area contributed by atoms with Gasteiger partial charge in [-0.15, -0.1) is 0 Å². The molecule has 1 aromatic heterocycles. The molecule has 2 heterocycles. The molecule has 0 unspecified atom stereocenters.